The van der Waals surface area contributed by atoms with Gasteiger partial charge in [-0.05, 0) is 29.8 Å². The van der Waals surface area contributed by atoms with Gasteiger partial charge < -0.3 is 9.84 Å². The zero-order valence-electron chi connectivity index (χ0n) is 12.3. The first kappa shape index (κ1) is 18.0. The van der Waals surface area contributed by atoms with Gasteiger partial charge in [-0.25, -0.2) is 9.97 Å². The zero-order valence-corrected chi connectivity index (χ0v) is 13.0. The molecular weight excluding hydrogens is 300 g/mol. The number of aliphatic hydroxyl groups excluding tert-OH is 1. The Morgan fingerprint density at radius 2 is 1.77 bits per heavy atom. The molecule has 116 valence electrons. The maximum atomic E-state index is 9.06. The van der Waals surface area contributed by atoms with Crippen molar-refractivity contribution < 1.29 is 9.84 Å². The smallest absolute Gasteiger partial charge is 0.159 e. The molecule has 1 aromatic carbocycles. The molecule has 1 aromatic heterocycles. The number of nitrogens with zero attached hydrogens (tertiary/aromatic N) is 2. The third kappa shape index (κ3) is 6.18. The molecule has 0 saturated heterocycles. The summed E-state index contributed by atoms with van der Waals surface area (Å²) in [6, 6.07) is 7.11. The van der Waals surface area contributed by atoms with Gasteiger partial charge in [0, 0.05) is 23.0 Å². The number of rotatable bonds is 6. The molecule has 1 N–H and O–H groups in total. The first-order valence-corrected chi connectivity index (χ1v) is 7.07. The molecule has 0 radical (unpaired) electrons. The van der Waals surface area contributed by atoms with E-state index in [1.807, 2.05) is 6.07 Å². The van der Waals surface area contributed by atoms with Crippen LogP contribution in [0.15, 0.2) is 62.0 Å². The molecule has 22 heavy (non-hydrogen) atoms. The number of halogens is 1. The van der Waals surface area contributed by atoms with Crippen LogP contribution in [0.25, 0.3) is 11.4 Å². The van der Waals surface area contributed by atoms with Crippen molar-refractivity contribution in [3.63, 3.8) is 0 Å². The lowest BCUT2D eigenvalue weighted by Crippen LogP contribution is -1.90. The van der Waals surface area contributed by atoms with Crippen LogP contribution in [-0.4, -0.2) is 28.3 Å². The molecule has 0 bridgehead atoms. The van der Waals surface area contributed by atoms with E-state index in [1.54, 1.807) is 42.7 Å². The molecule has 0 spiro atoms. The minimum Gasteiger partial charge on any atom is -0.392 e. The van der Waals surface area contributed by atoms with Crippen LogP contribution < -0.4 is 0 Å². The van der Waals surface area contributed by atoms with E-state index in [4.69, 9.17) is 21.4 Å². The van der Waals surface area contributed by atoms with Crippen LogP contribution in [0, 0.1) is 0 Å². The Bertz CT molecular complexity index is 580. The van der Waals surface area contributed by atoms with E-state index in [0.717, 1.165) is 5.56 Å². The predicted octanol–water partition coefficient (Wildman–Crippen LogP) is 3.66. The average Bonchev–Trinajstić information content (AvgIpc) is 2.57. The van der Waals surface area contributed by atoms with Crippen molar-refractivity contribution in [2.75, 3.05) is 13.2 Å². The number of aliphatic hydroxyl groups is 1. The lowest BCUT2D eigenvalue weighted by Gasteiger charge is -2.03. The summed E-state index contributed by atoms with van der Waals surface area (Å²) >= 11 is 5.88. The molecule has 0 aliphatic carbocycles. The minimum absolute atomic E-state index is 0.0838. The Balaban J connectivity index is 0.000000295. The average molecular weight is 319 g/mol. The highest BCUT2D eigenvalue weighted by atomic mass is 35.5. The van der Waals surface area contributed by atoms with E-state index >= 15 is 0 Å². The van der Waals surface area contributed by atoms with E-state index in [-0.39, 0.29) is 6.61 Å². The maximum Gasteiger partial charge on any atom is 0.159 e. The molecule has 5 heteroatoms. The van der Waals surface area contributed by atoms with Gasteiger partial charge in [-0.1, -0.05) is 23.8 Å². The molecule has 0 saturated carbocycles. The van der Waals surface area contributed by atoms with Crippen molar-refractivity contribution in [1.29, 1.82) is 0 Å². The summed E-state index contributed by atoms with van der Waals surface area (Å²) in [5, 5.41) is 9.62. The summed E-state index contributed by atoms with van der Waals surface area (Å²) in [5.74, 6) is 0.629. The van der Waals surface area contributed by atoms with E-state index in [1.165, 1.54) is 0 Å². The van der Waals surface area contributed by atoms with Gasteiger partial charge in [0.1, 0.15) is 0 Å². The molecule has 4 nitrogen and oxygen atoms in total. The van der Waals surface area contributed by atoms with E-state index in [9.17, 15) is 0 Å². The molecule has 0 atom stereocenters. The number of aromatic nitrogens is 2. The van der Waals surface area contributed by atoms with Gasteiger partial charge in [-0.15, -0.1) is 13.2 Å². The number of ether oxygens (including phenoxy) is 1. The van der Waals surface area contributed by atoms with Crippen LogP contribution in [0.5, 0.6) is 0 Å². The van der Waals surface area contributed by atoms with Gasteiger partial charge in [-0.2, -0.15) is 0 Å². The highest BCUT2D eigenvalue weighted by Crippen LogP contribution is 2.22. The summed E-state index contributed by atoms with van der Waals surface area (Å²) in [5.41, 5.74) is 1.53. The van der Waals surface area contributed by atoms with Crippen molar-refractivity contribution >= 4 is 11.6 Å². The number of hydrogen-bond donors (Lipinski definition) is 1. The van der Waals surface area contributed by atoms with Crippen LogP contribution in [0.4, 0.5) is 0 Å². The summed E-state index contributed by atoms with van der Waals surface area (Å²) in [4.78, 5) is 8.24. The number of hydrogen-bond acceptors (Lipinski definition) is 4. The van der Waals surface area contributed by atoms with Gasteiger partial charge in [0.25, 0.3) is 0 Å². The predicted molar refractivity (Wildman–Crippen MR) is 89.6 cm³/mol. The second-order valence-electron chi connectivity index (χ2n) is 4.15. The highest BCUT2D eigenvalue weighted by Gasteiger charge is 2.04. The van der Waals surface area contributed by atoms with Gasteiger partial charge in [0.2, 0.25) is 0 Å². The fourth-order valence-electron chi connectivity index (χ4n) is 1.52. The van der Waals surface area contributed by atoms with Crippen molar-refractivity contribution in [2.24, 2.45) is 0 Å². The second kappa shape index (κ2) is 10.7. The summed E-state index contributed by atoms with van der Waals surface area (Å²) < 4.78 is 4.90. The SMILES string of the molecule is C=CCOCC=C.OCc1cc(-c2ncccn2)ccc1Cl. The lowest BCUT2D eigenvalue weighted by molar-refractivity contribution is 0.194. The monoisotopic (exact) mass is 318 g/mol. The van der Waals surface area contributed by atoms with Gasteiger partial charge in [0.15, 0.2) is 5.82 Å². The Kier molecular flexibility index (Phi) is 8.76. The molecule has 0 amide bonds. The summed E-state index contributed by atoms with van der Waals surface area (Å²) in [6.07, 6.45) is 6.78. The molecule has 0 aliphatic rings. The molecule has 0 unspecified atom stereocenters. The molecule has 0 aliphatic heterocycles. The second-order valence-corrected chi connectivity index (χ2v) is 4.56. The van der Waals surface area contributed by atoms with Crippen molar-refractivity contribution in [3.05, 3.63) is 72.6 Å². The molecular formula is C17H19ClN2O2. The van der Waals surface area contributed by atoms with Crippen LogP contribution in [-0.2, 0) is 11.3 Å². The standard InChI is InChI=1S/C11H9ClN2O.C6H10O/c12-10-3-2-8(6-9(10)7-15)11-13-4-1-5-14-11;1-3-5-7-6-4-2/h1-6,15H,7H2;3-4H,1-2,5-6H2. The zero-order chi connectivity index (χ0) is 16.2. The largest absolute Gasteiger partial charge is 0.392 e. The summed E-state index contributed by atoms with van der Waals surface area (Å²) in [7, 11) is 0. The van der Waals surface area contributed by atoms with Crippen LogP contribution in [0.1, 0.15) is 5.56 Å². The first-order chi connectivity index (χ1) is 10.7. The lowest BCUT2D eigenvalue weighted by atomic mass is 10.1. The van der Waals surface area contributed by atoms with E-state index in [0.29, 0.717) is 29.6 Å². The minimum atomic E-state index is -0.0838. The van der Waals surface area contributed by atoms with E-state index < -0.39 is 0 Å². The third-order valence-electron chi connectivity index (χ3n) is 2.51. The number of benzene rings is 1. The molecule has 2 aromatic rings. The van der Waals surface area contributed by atoms with Crippen LogP contribution in [0.3, 0.4) is 0 Å². The Morgan fingerprint density at radius 1 is 1.14 bits per heavy atom. The molecule has 1 heterocycles. The summed E-state index contributed by atoms with van der Waals surface area (Å²) in [6.45, 7) is 8.10. The van der Waals surface area contributed by atoms with Gasteiger partial charge in [-0.3, -0.25) is 0 Å². The Labute approximate surface area is 135 Å². The third-order valence-corrected chi connectivity index (χ3v) is 2.88. The quantitative estimate of drug-likeness (QED) is 0.652. The van der Waals surface area contributed by atoms with Crippen molar-refractivity contribution in [1.82, 2.24) is 9.97 Å². The van der Waals surface area contributed by atoms with Crippen molar-refractivity contribution in [2.45, 2.75) is 6.61 Å². The normalized spacial score (nSPS) is 9.55. The highest BCUT2D eigenvalue weighted by molar-refractivity contribution is 6.31. The van der Waals surface area contributed by atoms with Crippen LogP contribution in [0.2, 0.25) is 5.02 Å². The first-order valence-electron chi connectivity index (χ1n) is 6.69. The Hall–Kier alpha value is -2.01. The van der Waals surface area contributed by atoms with Gasteiger partial charge >= 0.3 is 0 Å². The van der Waals surface area contributed by atoms with Gasteiger partial charge in [0.05, 0.1) is 19.8 Å². The van der Waals surface area contributed by atoms with Crippen LogP contribution >= 0.6 is 11.6 Å². The fourth-order valence-corrected chi connectivity index (χ4v) is 1.70. The molecule has 0 fully saturated rings. The van der Waals surface area contributed by atoms with Crippen molar-refractivity contribution in [3.8, 4) is 11.4 Å². The molecule has 2 rings (SSSR count). The fraction of sp³-hybridized carbons (Fsp3) is 0.176. The topological polar surface area (TPSA) is 55.2 Å². The maximum absolute atomic E-state index is 9.06. The Morgan fingerprint density at radius 3 is 2.32 bits per heavy atom. The van der Waals surface area contributed by atoms with E-state index in [2.05, 4.69) is 23.1 Å².